The fraction of sp³-hybridized carbons (Fsp3) is 0.917. The van der Waals surface area contributed by atoms with Gasteiger partial charge in [0.2, 0.25) is 0 Å². The van der Waals surface area contributed by atoms with Crippen LogP contribution in [0, 0.1) is 10.8 Å². The Labute approximate surface area is 112 Å². The topological polar surface area (TPSA) is 29.5 Å². The summed E-state index contributed by atoms with van der Waals surface area (Å²) in [7, 11) is 0. The molecule has 2 fully saturated rings. The van der Waals surface area contributed by atoms with Crippen LogP contribution in [0.1, 0.15) is 27.7 Å². The number of nitrogens with zero attached hydrogens (tertiary/aromatic N) is 1. The van der Waals surface area contributed by atoms with E-state index in [0.717, 1.165) is 26.3 Å². The fourth-order valence-corrected chi connectivity index (χ4v) is 4.63. The van der Waals surface area contributed by atoms with Gasteiger partial charge in [0.25, 0.3) is 0 Å². The van der Waals surface area contributed by atoms with E-state index in [9.17, 15) is 4.79 Å². The second kappa shape index (κ2) is 4.12. The van der Waals surface area contributed by atoms with E-state index in [1.165, 1.54) is 0 Å². The third kappa shape index (κ3) is 1.76. The summed E-state index contributed by atoms with van der Waals surface area (Å²) in [4.78, 5) is 12.1. The average Bonchev–Trinajstić information content (AvgIpc) is 2.28. The number of ketones is 1. The molecule has 1 aliphatic carbocycles. The van der Waals surface area contributed by atoms with E-state index in [2.05, 4.69) is 4.31 Å². The minimum atomic E-state index is -0.547. The van der Waals surface area contributed by atoms with Crippen molar-refractivity contribution in [3.8, 4) is 0 Å². The number of hydrogen-bond acceptors (Lipinski definition) is 4. The standard InChI is InChI=1S/C12H20ClNO2S/c1-10(2)9(15)11(3,4)12(10,13)17-14-5-7-16-8-6-14/h5-8H2,1-4H3. The molecule has 3 nitrogen and oxygen atoms in total. The molecule has 2 rings (SSSR count). The Bertz CT molecular complexity index is 319. The molecule has 1 heterocycles. The minimum absolute atomic E-state index is 0.251. The van der Waals surface area contributed by atoms with Gasteiger partial charge in [0.15, 0.2) is 0 Å². The van der Waals surface area contributed by atoms with Crippen LogP contribution < -0.4 is 0 Å². The summed E-state index contributed by atoms with van der Waals surface area (Å²) >= 11 is 8.40. The van der Waals surface area contributed by atoms with Crippen LogP contribution in [0.2, 0.25) is 0 Å². The number of alkyl halides is 1. The number of Topliss-reactive ketones (excluding diaryl/α,β-unsaturated/α-hetero) is 1. The molecule has 1 aliphatic heterocycles. The smallest absolute Gasteiger partial charge is 0.149 e. The number of rotatable bonds is 2. The quantitative estimate of drug-likeness (QED) is 0.573. The predicted octanol–water partition coefficient (Wildman–Crippen LogP) is 2.54. The van der Waals surface area contributed by atoms with E-state index >= 15 is 0 Å². The maximum absolute atomic E-state index is 12.1. The van der Waals surface area contributed by atoms with Gasteiger partial charge in [-0.25, -0.2) is 4.31 Å². The highest BCUT2D eigenvalue weighted by Gasteiger charge is 2.73. The lowest BCUT2D eigenvalue weighted by molar-refractivity contribution is -0.153. The Morgan fingerprint density at radius 2 is 1.65 bits per heavy atom. The largest absolute Gasteiger partial charge is 0.379 e. The minimum Gasteiger partial charge on any atom is -0.379 e. The molecule has 0 aromatic carbocycles. The lowest BCUT2D eigenvalue weighted by Gasteiger charge is -2.61. The zero-order chi connectivity index (χ0) is 12.9. The van der Waals surface area contributed by atoms with Gasteiger partial charge in [0.05, 0.1) is 24.0 Å². The highest BCUT2D eigenvalue weighted by Crippen LogP contribution is 2.68. The molecule has 1 saturated heterocycles. The van der Waals surface area contributed by atoms with Crippen LogP contribution in [0.25, 0.3) is 0 Å². The van der Waals surface area contributed by atoms with Gasteiger partial charge in [-0.05, 0) is 0 Å². The molecular weight excluding hydrogens is 258 g/mol. The number of hydrogen-bond donors (Lipinski definition) is 0. The van der Waals surface area contributed by atoms with E-state index < -0.39 is 15.0 Å². The highest BCUT2D eigenvalue weighted by atomic mass is 35.5. The molecule has 0 amide bonds. The number of halogens is 1. The Morgan fingerprint density at radius 1 is 1.18 bits per heavy atom. The first-order chi connectivity index (χ1) is 7.73. The molecule has 98 valence electrons. The summed E-state index contributed by atoms with van der Waals surface area (Å²) in [6.45, 7) is 11.0. The number of ether oxygens (including phenoxy) is 1. The number of carbonyl (C=O) groups is 1. The van der Waals surface area contributed by atoms with Crippen molar-refractivity contribution in [1.29, 1.82) is 0 Å². The van der Waals surface area contributed by atoms with Crippen molar-refractivity contribution < 1.29 is 9.53 Å². The Hall–Kier alpha value is 0.230. The number of morpholine rings is 1. The number of carbonyl (C=O) groups excluding carboxylic acids is 1. The summed E-state index contributed by atoms with van der Waals surface area (Å²) in [5.41, 5.74) is -0.942. The van der Waals surface area contributed by atoms with Gasteiger partial charge in [0.1, 0.15) is 9.99 Å². The van der Waals surface area contributed by atoms with Crippen molar-refractivity contribution >= 4 is 29.3 Å². The van der Waals surface area contributed by atoms with E-state index in [1.54, 1.807) is 11.9 Å². The molecule has 0 spiro atoms. The van der Waals surface area contributed by atoms with Crippen LogP contribution in [-0.4, -0.2) is 40.6 Å². The van der Waals surface area contributed by atoms with E-state index in [4.69, 9.17) is 16.3 Å². The van der Waals surface area contributed by atoms with Crippen LogP contribution in [0.5, 0.6) is 0 Å². The maximum Gasteiger partial charge on any atom is 0.149 e. The maximum atomic E-state index is 12.1. The van der Waals surface area contributed by atoms with Crippen molar-refractivity contribution in [1.82, 2.24) is 4.31 Å². The SMILES string of the molecule is CC1(C)C(=O)C(C)(C)C1(Cl)SN1CCOCC1. The Morgan fingerprint density at radius 3 is 2.12 bits per heavy atom. The molecule has 0 unspecified atom stereocenters. The molecular formula is C12H20ClNO2S. The molecule has 0 N–H and O–H groups in total. The Kier molecular flexibility index (Phi) is 3.31. The normalized spacial score (nSPS) is 31.0. The van der Waals surface area contributed by atoms with Crippen molar-refractivity contribution in [2.24, 2.45) is 10.8 Å². The third-order valence-electron chi connectivity index (χ3n) is 3.97. The molecule has 0 atom stereocenters. The van der Waals surface area contributed by atoms with Gasteiger partial charge < -0.3 is 4.74 Å². The summed E-state index contributed by atoms with van der Waals surface area (Å²) in [6, 6.07) is 0. The first kappa shape index (κ1) is 13.7. The lowest BCUT2D eigenvalue weighted by Crippen LogP contribution is -2.70. The molecule has 0 aromatic rings. The molecule has 0 aromatic heterocycles. The molecule has 17 heavy (non-hydrogen) atoms. The van der Waals surface area contributed by atoms with Gasteiger partial charge in [-0.1, -0.05) is 39.6 Å². The van der Waals surface area contributed by atoms with Crippen LogP contribution in [0.3, 0.4) is 0 Å². The molecule has 2 aliphatic rings. The molecule has 5 heteroatoms. The predicted molar refractivity (Wildman–Crippen MR) is 71.1 cm³/mol. The summed E-state index contributed by atoms with van der Waals surface area (Å²) < 4.78 is 7.01. The average molecular weight is 278 g/mol. The molecule has 0 radical (unpaired) electrons. The first-order valence-corrected chi connectivity index (χ1v) is 7.14. The van der Waals surface area contributed by atoms with Crippen LogP contribution in [0.4, 0.5) is 0 Å². The molecule has 1 saturated carbocycles. The van der Waals surface area contributed by atoms with E-state index in [0.29, 0.717) is 0 Å². The highest BCUT2D eigenvalue weighted by molar-refractivity contribution is 8.00. The Balaban J connectivity index is 2.14. The van der Waals surface area contributed by atoms with Crippen LogP contribution >= 0.6 is 23.5 Å². The lowest BCUT2D eigenvalue weighted by atomic mass is 9.54. The summed E-state index contributed by atoms with van der Waals surface area (Å²) in [5.74, 6) is 0.251. The molecule has 0 bridgehead atoms. The van der Waals surface area contributed by atoms with Gasteiger partial charge >= 0.3 is 0 Å². The monoisotopic (exact) mass is 277 g/mol. The van der Waals surface area contributed by atoms with Gasteiger partial charge in [-0.3, -0.25) is 4.79 Å². The zero-order valence-electron chi connectivity index (χ0n) is 10.9. The van der Waals surface area contributed by atoms with Crippen molar-refractivity contribution in [3.63, 3.8) is 0 Å². The summed E-state index contributed by atoms with van der Waals surface area (Å²) in [6.07, 6.45) is 0. The second-order valence-electron chi connectivity index (χ2n) is 5.81. The van der Waals surface area contributed by atoms with E-state index in [-0.39, 0.29) is 5.78 Å². The van der Waals surface area contributed by atoms with Gasteiger partial charge in [0, 0.05) is 13.1 Å². The first-order valence-electron chi connectivity index (χ1n) is 5.99. The van der Waals surface area contributed by atoms with Crippen molar-refractivity contribution in [2.45, 2.75) is 31.9 Å². The van der Waals surface area contributed by atoms with Gasteiger partial charge in [-0.15, -0.1) is 11.6 Å². The van der Waals surface area contributed by atoms with Gasteiger partial charge in [-0.2, -0.15) is 0 Å². The summed E-state index contributed by atoms with van der Waals surface area (Å²) in [5, 5.41) is 0. The zero-order valence-corrected chi connectivity index (χ0v) is 12.5. The fourth-order valence-electron chi connectivity index (χ4n) is 2.84. The van der Waals surface area contributed by atoms with Crippen molar-refractivity contribution in [3.05, 3.63) is 0 Å². The van der Waals surface area contributed by atoms with Crippen LogP contribution in [-0.2, 0) is 9.53 Å². The van der Waals surface area contributed by atoms with Crippen LogP contribution in [0.15, 0.2) is 0 Å². The van der Waals surface area contributed by atoms with E-state index in [1.807, 2.05) is 27.7 Å². The third-order valence-corrected chi connectivity index (χ3v) is 7.02. The second-order valence-corrected chi connectivity index (χ2v) is 7.91. The van der Waals surface area contributed by atoms with Crippen molar-refractivity contribution in [2.75, 3.05) is 26.3 Å².